The van der Waals surface area contributed by atoms with Crippen molar-refractivity contribution in [1.29, 1.82) is 0 Å². The molecule has 1 N–H and O–H groups in total. The third-order valence-corrected chi connectivity index (χ3v) is 9.49. The molecule has 7 nitrogen and oxygen atoms in total. The highest BCUT2D eigenvalue weighted by molar-refractivity contribution is 7.89. The number of ether oxygens (including phenoxy) is 2. The summed E-state index contributed by atoms with van der Waals surface area (Å²) in [7, 11) is -4.06. The van der Waals surface area contributed by atoms with Gasteiger partial charge in [-0.1, -0.05) is 105 Å². The van der Waals surface area contributed by atoms with Crippen molar-refractivity contribution in [3.63, 3.8) is 0 Å². The lowest BCUT2D eigenvalue weighted by atomic mass is 9.92. The van der Waals surface area contributed by atoms with Gasteiger partial charge in [-0.2, -0.15) is 4.31 Å². The predicted molar refractivity (Wildman–Crippen MR) is 168 cm³/mol. The van der Waals surface area contributed by atoms with Gasteiger partial charge < -0.3 is 14.6 Å². The number of fused-ring (bicyclic) bond motifs is 1. The number of aliphatic hydroxyl groups is 1. The lowest BCUT2D eigenvalue weighted by molar-refractivity contribution is 0.00777. The molecule has 0 bridgehead atoms. The first-order valence-corrected chi connectivity index (χ1v) is 16.1. The van der Waals surface area contributed by atoms with Crippen molar-refractivity contribution in [2.75, 3.05) is 13.3 Å². The van der Waals surface area contributed by atoms with E-state index in [1.165, 1.54) is 6.07 Å². The minimum absolute atomic E-state index is 0.0151. The molecule has 0 amide bonds. The number of benzene rings is 4. The number of hydrogen-bond acceptors (Lipinski definition) is 6. The fourth-order valence-electron chi connectivity index (χ4n) is 5.75. The van der Waals surface area contributed by atoms with E-state index in [1.54, 1.807) is 23.4 Å². The highest BCUT2D eigenvalue weighted by Gasteiger charge is 2.42. The first-order chi connectivity index (χ1) is 20.7. The van der Waals surface area contributed by atoms with E-state index < -0.39 is 28.2 Å². The van der Waals surface area contributed by atoms with Gasteiger partial charge in [0.1, 0.15) is 0 Å². The molecule has 226 valence electrons. The molecular weight excluding hydrogens is 560 g/mol. The van der Waals surface area contributed by atoms with Gasteiger partial charge in [-0.25, -0.2) is 8.42 Å². The molecule has 4 aromatic carbocycles. The van der Waals surface area contributed by atoms with Gasteiger partial charge in [0.15, 0.2) is 11.5 Å². The van der Waals surface area contributed by atoms with Crippen LogP contribution in [0.2, 0.25) is 0 Å². The zero-order valence-corrected chi connectivity index (χ0v) is 25.7. The van der Waals surface area contributed by atoms with Crippen molar-refractivity contribution in [3.8, 4) is 11.5 Å². The summed E-state index contributed by atoms with van der Waals surface area (Å²) in [5.41, 5.74) is 2.96. The van der Waals surface area contributed by atoms with E-state index in [0.29, 0.717) is 24.6 Å². The van der Waals surface area contributed by atoms with Gasteiger partial charge in [-0.05, 0) is 41.7 Å². The third kappa shape index (κ3) is 7.28. The molecule has 8 heteroatoms. The minimum Gasteiger partial charge on any atom is -0.454 e. The first-order valence-electron chi connectivity index (χ1n) is 14.7. The second-order valence-corrected chi connectivity index (χ2v) is 13.3. The molecule has 1 heterocycles. The quantitative estimate of drug-likeness (QED) is 0.195. The Labute approximate surface area is 255 Å². The van der Waals surface area contributed by atoms with Crippen molar-refractivity contribution in [2.45, 2.75) is 56.9 Å². The van der Waals surface area contributed by atoms with Gasteiger partial charge in [0.25, 0.3) is 0 Å². The van der Waals surface area contributed by atoms with E-state index in [4.69, 9.17) is 9.47 Å². The van der Waals surface area contributed by atoms with Crippen LogP contribution in [0.3, 0.4) is 0 Å². The Bertz CT molecular complexity index is 1520. The van der Waals surface area contributed by atoms with Crippen LogP contribution >= 0.6 is 0 Å². The van der Waals surface area contributed by atoms with Crippen LogP contribution in [0.5, 0.6) is 11.5 Å². The smallest absolute Gasteiger partial charge is 0.243 e. The Kier molecular flexibility index (Phi) is 9.82. The van der Waals surface area contributed by atoms with Crippen LogP contribution in [0.25, 0.3) is 0 Å². The van der Waals surface area contributed by atoms with Crippen LogP contribution in [0.4, 0.5) is 0 Å². The van der Waals surface area contributed by atoms with Crippen LogP contribution in [-0.4, -0.2) is 48.2 Å². The molecule has 43 heavy (non-hydrogen) atoms. The molecule has 3 atom stereocenters. The summed E-state index contributed by atoms with van der Waals surface area (Å²) >= 11 is 0. The molecule has 1 aliphatic heterocycles. The van der Waals surface area contributed by atoms with Crippen LogP contribution in [0.1, 0.15) is 43.5 Å². The second-order valence-electron chi connectivity index (χ2n) is 11.4. The van der Waals surface area contributed by atoms with Crippen LogP contribution in [0.15, 0.2) is 114 Å². The van der Waals surface area contributed by atoms with Crippen molar-refractivity contribution in [1.82, 2.24) is 9.21 Å². The standard InChI is InChI=1S/C35H40N2O5S/c1-26(2)22-37(43(39,40)31-19-20-32-33(21-31)42-25-41-32)35(30-17-11-6-12-18-30)34(27(3)38)36(23-28-13-7-4-8-14-28)24-29-15-9-5-10-16-29/h4-21,26-27,34-35,38H,22-25H2,1-3H3. The number of nitrogens with zero attached hydrogens (tertiary/aromatic N) is 2. The Morgan fingerprint density at radius 3 is 1.81 bits per heavy atom. The third-order valence-electron chi connectivity index (χ3n) is 7.64. The Morgan fingerprint density at radius 1 is 0.744 bits per heavy atom. The van der Waals surface area contributed by atoms with E-state index in [1.807, 2.05) is 80.6 Å². The molecule has 0 aliphatic carbocycles. The fraction of sp³-hybridized carbons (Fsp3) is 0.314. The minimum atomic E-state index is -4.06. The molecule has 3 unspecified atom stereocenters. The normalized spacial score (nSPS) is 15.1. The van der Waals surface area contributed by atoms with Crippen molar-refractivity contribution in [2.24, 2.45) is 5.92 Å². The lowest BCUT2D eigenvalue weighted by Gasteiger charge is -2.44. The molecule has 4 aromatic rings. The summed E-state index contributed by atoms with van der Waals surface area (Å²) in [5.74, 6) is 0.942. The van der Waals surface area contributed by atoms with Crippen LogP contribution in [0, 0.1) is 5.92 Å². The zero-order valence-electron chi connectivity index (χ0n) is 24.9. The summed E-state index contributed by atoms with van der Waals surface area (Å²) in [6.07, 6.45) is -0.876. The van der Waals surface area contributed by atoms with E-state index in [2.05, 4.69) is 29.2 Å². The number of rotatable bonds is 13. The SMILES string of the molecule is CC(C)CN(C(c1ccccc1)C(C(C)O)N(Cc1ccccc1)Cc1ccccc1)S(=O)(=O)c1ccc2c(c1)OCO2. The maximum Gasteiger partial charge on any atom is 0.243 e. The molecular formula is C35H40N2O5S. The van der Waals surface area contributed by atoms with E-state index in [-0.39, 0.29) is 24.2 Å². The van der Waals surface area contributed by atoms with E-state index in [9.17, 15) is 13.5 Å². The van der Waals surface area contributed by atoms with Crippen LogP contribution < -0.4 is 9.47 Å². The van der Waals surface area contributed by atoms with Gasteiger partial charge in [0, 0.05) is 25.7 Å². The Hall–Kier alpha value is -3.69. The second kappa shape index (κ2) is 13.7. The number of aliphatic hydroxyl groups excluding tert-OH is 1. The Balaban J connectivity index is 1.66. The molecule has 0 radical (unpaired) electrons. The van der Waals surface area contributed by atoms with Crippen molar-refractivity contribution in [3.05, 3.63) is 126 Å². The summed E-state index contributed by atoms with van der Waals surface area (Å²) < 4.78 is 41.9. The molecule has 1 aliphatic rings. The lowest BCUT2D eigenvalue weighted by Crippen LogP contribution is -2.53. The molecule has 5 rings (SSSR count). The van der Waals surface area contributed by atoms with Gasteiger partial charge in [0.2, 0.25) is 16.8 Å². The van der Waals surface area contributed by atoms with Gasteiger partial charge in [0.05, 0.1) is 23.1 Å². The van der Waals surface area contributed by atoms with Crippen molar-refractivity contribution < 1.29 is 23.0 Å². The summed E-state index contributed by atoms with van der Waals surface area (Å²) in [4.78, 5) is 2.33. The summed E-state index contributed by atoms with van der Waals surface area (Å²) in [6, 6.07) is 33.3. The average molecular weight is 601 g/mol. The highest BCUT2D eigenvalue weighted by atomic mass is 32.2. The molecule has 0 spiro atoms. The molecule has 0 saturated heterocycles. The number of hydrogen-bond donors (Lipinski definition) is 1. The maximum atomic E-state index is 14.7. The predicted octanol–water partition coefficient (Wildman–Crippen LogP) is 6.26. The van der Waals surface area contributed by atoms with Crippen molar-refractivity contribution >= 4 is 10.0 Å². The largest absolute Gasteiger partial charge is 0.454 e. The maximum absolute atomic E-state index is 14.7. The van der Waals surface area contributed by atoms with Gasteiger partial charge >= 0.3 is 0 Å². The average Bonchev–Trinajstić information content (AvgIpc) is 3.48. The molecule has 0 aromatic heterocycles. The summed E-state index contributed by atoms with van der Waals surface area (Å²) in [5, 5.41) is 11.6. The summed E-state index contributed by atoms with van der Waals surface area (Å²) in [6.45, 7) is 7.12. The first kappa shape index (κ1) is 30.8. The van der Waals surface area contributed by atoms with Crippen LogP contribution in [-0.2, 0) is 23.1 Å². The monoisotopic (exact) mass is 600 g/mol. The highest BCUT2D eigenvalue weighted by Crippen LogP contribution is 2.39. The molecule has 0 saturated carbocycles. The zero-order chi connectivity index (χ0) is 30.4. The number of sulfonamides is 1. The van der Waals surface area contributed by atoms with Gasteiger partial charge in [-0.15, -0.1) is 0 Å². The fourth-order valence-corrected chi connectivity index (χ4v) is 7.56. The van der Waals surface area contributed by atoms with Gasteiger partial charge in [-0.3, -0.25) is 4.90 Å². The molecule has 0 fully saturated rings. The Morgan fingerprint density at radius 2 is 1.28 bits per heavy atom. The topological polar surface area (TPSA) is 79.3 Å². The van der Waals surface area contributed by atoms with E-state index >= 15 is 0 Å². The van der Waals surface area contributed by atoms with E-state index in [0.717, 1.165) is 16.7 Å².